The molecule has 0 unspecified atom stereocenters. The van der Waals surface area contributed by atoms with Crippen molar-refractivity contribution in [2.75, 3.05) is 0 Å². The largest absolute Gasteiger partial charge is 0.507 e. The van der Waals surface area contributed by atoms with Crippen LogP contribution in [0.3, 0.4) is 0 Å². The summed E-state index contributed by atoms with van der Waals surface area (Å²) in [7, 11) is 0. The van der Waals surface area contributed by atoms with E-state index in [4.69, 9.17) is 12.2 Å². The van der Waals surface area contributed by atoms with Crippen LogP contribution in [0.1, 0.15) is 21.5 Å². The Balaban J connectivity index is 1.80. The molecule has 2 aromatic carbocycles. The summed E-state index contributed by atoms with van der Waals surface area (Å²) in [4.78, 5) is 25.2. The zero-order valence-corrected chi connectivity index (χ0v) is 14.9. The predicted molar refractivity (Wildman–Crippen MR) is 102 cm³/mol. The number of phenolic OH excluding ortho intramolecular Hbond substituents is 1. The minimum atomic E-state index is -0.605. The van der Waals surface area contributed by atoms with Crippen LogP contribution < -0.4 is 5.43 Å². The second-order valence-electron chi connectivity index (χ2n) is 5.39. The Kier molecular flexibility index (Phi) is 4.87. The molecular weight excluding hydrogens is 356 g/mol. The fraction of sp³-hybridized carbons (Fsp3) is 0.0556. The minimum absolute atomic E-state index is 0.0687. The van der Waals surface area contributed by atoms with Gasteiger partial charge in [0.1, 0.15) is 5.75 Å². The molecule has 0 saturated carbocycles. The zero-order chi connectivity index (χ0) is 18.0. The second-order valence-corrected chi connectivity index (χ2v) is 7.07. The van der Waals surface area contributed by atoms with Crippen molar-refractivity contribution in [3.63, 3.8) is 0 Å². The molecular formula is C18H14N2O3S2. The molecule has 5 nitrogen and oxygen atoms in total. The minimum Gasteiger partial charge on any atom is -0.507 e. The third kappa shape index (κ3) is 3.72. The lowest BCUT2D eigenvalue weighted by Crippen LogP contribution is -2.44. The molecule has 1 saturated heterocycles. The third-order valence-electron chi connectivity index (χ3n) is 3.50. The monoisotopic (exact) mass is 370 g/mol. The number of nitrogens with zero attached hydrogens (tertiary/aromatic N) is 1. The second kappa shape index (κ2) is 7.08. The molecule has 0 aliphatic carbocycles. The molecule has 2 aromatic rings. The number of aromatic hydroxyl groups is 1. The number of carbonyl (C=O) groups excluding carboxylic acids is 2. The molecule has 1 fully saturated rings. The summed E-state index contributed by atoms with van der Waals surface area (Å²) >= 11 is 6.30. The fourth-order valence-electron chi connectivity index (χ4n) is 2.30. The van der Waals surface area contributed by atoms with Crippen LogP contribution in [0.4, 0.5) is 0 Å². The Labute approximate surface area is 154 Å². The zero-order valence-electron chi connectivity index (χ0n) is 13.2. The number of hydrogen-bond acceptors (Lipinski definition) is 5. The summed E-state index contributed by atoms with van der Waals surface area (Å²) in [5, 5.41) is 10.8. The van der Waals surface area contributed by atoms with Gasteiger partial charge in [-0.1, -0.05) is 53.7 Å². The molecule has 2 N–H and O–H groups in total. The van der Waals surface area contributed by atoms with Crippen molar-refractivity contribution >= 4 is 46.2 Å². The number of para-hydroxylation sites is 1. The van der Waals surface area contributed by atoms with Crippen LogP contribution in [0.25, 0.3) is 6.08 Å². The summed E-state index contributed by atoms with van der Waals surface area (Å²) in [5.74, 6) is -1.17. The number of amides is 2. The van der Waals surface area contributed by atoms with Crippen LogP contribution in [0, 0.1) is 6.92 Å². The molecule has 25 heavy (non-hydrogen) atoms. The Bertz CT molecular complexity index is 909. The fourth-order valence-corrected chi connectivity index (χ4v) is 3.48. The van der Waals surface area contributed by atoms with Crippen LogP contribution in [0.5, 0.6) is 5.75 Å². The lowest BCUT2D eigenvalue weighted by molar-refractivity contribution is -0.123. The average Bonchev–Trinajstić information content (AvgIpc) is 2.83. The molecule has 126 valence electrons. The third-order valence-corrected chi connectivity index (χ3v) is 4.80. The van der Waals surface area contributed by atoms with E-state index in [9.17, 15) is 14.7 Å². The molecule has 0 radical (unpaired) electrons. The van der Waals surface area contributed by atoms with Crippen LogP contribution in [0.2, 0.25) is 0 Å². The topological polar surface area (TPSA) is 69.6 Å². The van der Waals surface area contributed by atoms with Gasteiger partial charge in [0.15, 0.2) is 4.32 Å². The van der Waals surface area contributed by atoms with Gasteiger partial charge in [0.2, 0.25) is 0 Å². The summed E-state index contributed by atoms with van der Waals surface area (Å²) < 4.78 is 0.229. The van der Waals surface area contributed by atoms with Crippen molar-refractivity contribution in [3.05, 3.63) is 70.1 Å². The standard InChI is InChI=1S/C18H14N2O3S2/c1-11-5-4-6-12(9-11)10-15-17(23)20(18(24)25-15)19-16(22)13-7-2-3-8-14(13)21/h2-10,21H,1H3,(H,19,22)/b15-10-. The van der Waals surface area contributed by atoms with Crippen molar-refractivity contribution in [1.29, 1.82) is 0 Å². The highest BCUT2D eigenvalue weighted by Gasteiger charge is 2.34. The van der Waals surface area contributed by atoms with Crippen molar-refractivity contribution in [3.8, 4) is 5.75 Å². The summed E-state index contributed by atoms with van der Waals surface area (Å²) in [6.45, 7) is 1.97. The van der Waals surface area contributed by atoms with E-state index in [0.717, 1.165) is 27.9 Å². The molecule has 0 atom stereocenters. The van der Waals surface area contributed by atoms with E-state index >= 15 is 0 Å². The van der Waals surface area contributed by atoms with Crippen LogP contribution >= 0.6 is 24.0 Å². The maximum absolute atomic E-state index is 12.5. The quantitative estimate of drug-likeness (QED) is 0.641. The Morgan fingerprint density at radius 2 is 2.00 bits per heavy atom. The number of rotatable bonds is 3. The van der Waals surface area contributed by atoms with E-state index in [-0.39, 0.29) is 15.6 Å². The molecule has 0 spiro atoms. The van der Waals surface area contributed by atoms with Crippen LogP contribution in [0.15, 0.2) is 53.4 Å². The van der Waals surface area contributed by atoms with Crippen molar-refractivity contribution < 1.29 is 14.7 Å². The van der Waals surface area contributed by atoms with Gasteiger partial charge in [-0.2, -0.15) is 5.01 Å². The van der Waals surface area contributed by atoms with Gasteiger partial charge in [0.05, 0.1) is 10.5 Å². The number of phenols is 1. The van der Waals surface area contributed by atoms with Gasteiger partial charge < -0.3 is 5.11 Å². The average molecular weight is 370 g/mol. The molecule has 1 heterocycles. The van der Waals surface area contributed by atoms with Gasteiger partial charge in [0, 0.05) is 0 Å². The first-order valence-corrected chi connectivity index (χ1v) is 8.62. The molecule has 0 aromatic heterocycles. The number of benzene rings is 2. The Hall–Kier alpha value is -2.64. The first-order valence-electron chi connectivity index (χ1n) is 7.39. The van der Waals surface area contributed by atoms with Gasteiger partial charge in [-0.25, -0.2) is 0 Å². The number of hydrazine groups is 1. The number of aryl methyl sites for hydroxylation is 1. The molecule has 7 heteroatoms. The number of thioether (sulfide) groups is 1. The smallest absolute Gasteiger partial charge is 0.285 e. The van der Waals surface area contributed by atoms with E-state index in [1.165, 1.54) is 12.1 Å². The van der Waals surface area contributed by atoms with Gasteiger partial charge in [0.25, 0.3) is 11.8 Å². The summed E-state index contributed by atoms with van der Waals surface area (Å²) in [6.07, 6.45) is 1.73. The van der Waals surface area contributed by atoms with Crippen molar-refractivity contribution in [2.45, 2.75) is 6.92 Å². The molecule has 0 bridgehead atoms. The van der Waals surface area contributed by atoms with E-state index < -0.39 is 11.8 Å². The van der Waals surface area contributed by atoms with E-state index in [0.29, 0.717) is 4.91 Å². The SMILES string of the molecule is Cc1cccc(/C=C2\SC(=S)N(NC(=O)c3ccccc3O)C2=O)c1. The van der Waals surface area contributed by atoms with Gasteiger partial charge in [-0.3, -0.25) is 15.0 Å². The first kappa shape index (κ1) is 17.2. The maximum atomic E-state index is 12.5. The maximum Gasteiger partial charge on any atom is 0.285 e. The number of thiocarbonyl (C=S) groups is 1. The van der Waals surface area contributed by atoms with Crippen molar-refractivity contribution in [2.24, 2.45) is 0 Å². The highest BCUT2D eigenvalue weighted by Crippen LogP contribution is 2.31. The highest BCUT2D eigenvalue weighted by atomic mass is 32.2. The van der Waals surface area contributed by atoms with E-state index in [2.05, 4.69) is 5.43 Å². The van der Waals surface area contributed by atoms with E-state index in [1.54, 1.807) is 18.2 Å². The van der Waals surface area contributed by atoms with Gasteiger partial charge >= 0.3 is 0 Å². The Morgan fingerprint density at radius 3 is 2.72 bits per heavy atom. The predicted octanol–water partition coefficient (Wildman–Crippen LogP) is 3.25. The van der Waals surface area contributed by atoms with Crippen molar-refractivity contribution in [1.82, 2.24) is 10.4 Å². The van der Waals surface area contributed by atoms with Crippen LogP contribution in [-0.2, 0) is 4.79 Å². The van der Waals surface area contributed by atoms with Crippen LogP contribution in [-0.4, -0.2) is 26.3 Å². The number of nitrogens with one attached hydrogen (secondary N) is 1. The lowest BCUT2D eigenvalue weighted by Gasteiger charge is -2.16. The van der Waals surface area contributed by atoms with Gasteiger partial charge in [-0.05, 0) is 42.9 Å². The molecule has 3 rings (SSSR count). The van der Waals surface area contributed by atoms with E-state index in [1.807, 2.05) is 31.2 Å². The molecule has 2 amide bonds. The molecule has 1 aliphatic heterocycles. The van der Waals surface area contributed by atoms with Gasteiger partial charge in [-0.15, -0.1) is 0 Å². The normalized spacial score (nSPS) is 15.7. The number of hydrogen-bond donors (Lipinski definition) is 2. The lowest BCUT2D eigenvalue weighted by atomic mass is 10.1. The molecule has 1 aliphatic rings. The summed E-state index contributed by atoms with van der Waals surface area (Å²) in [6, 6.07) is 13.8. The summed E-state index contributed by atoms with van der Waals surface area (Å²) in [5.41, 5.74) is 4.48. The highest BCUT2D eigenvalue weighted by molar-refractivity contribution is 8.26. The first-order chi connectivity index (χ1) is 12.0. The Morgan fingerprint density at radius 1 is 1.24 bits per heavy atom. The number of carbonyl (C=O) groups is 2.